The van der Waals surface area contributed by atoms with Gasteiger partial charge in [-0.15, -0.1) is 0 Å². The Kier molecular flexibility index (Phi) is 8.59. The largest absolute Gasteiger partial charge is 0.497 e. The van der Waals surface area contributed by atoms with Crippen molar-refractivity contribution in [3.63, 3.8) is 0 Å². The molecular formula is C26H28FN3O4. The molecule has 1 atom stereocenters. The van der Waals surface area contributed by atoms with E-state index < -0.39 is 0 Å². The highest BCUT2D eigenvalue weighted by atomic mass is 19.1. The van der Waals surface area contributed by atoms with Gasteiger partial charge in [0.2, 0.25) is 11.8 Å². The van der Waals surface area contributed by atoms with Crippen LogP contribution in [-0.4, -0.2) is 39.1 Å². The van der Waals surface area contributed by atoms with Gasteiger partial charge in [0.05, 0.1) is 39.0 Å². The van der Waals surface area contributed by atoms with E-state index in [2.05, 4.69) is 16.0 Å². The quantitative estimate of drug-likeness (QED) is 0.426. The molecule has 0 fully saturated rings. The van der Waals surface area contributed by atoms with Crippen molar-refractivity contribution in [2.75, 3.05) is 32.6 Å². The molecule has 8 heteroatoms. The van der Waals surface area contributed by atoms with Gasteiger partial charge in [0.15, 0.2) is 0 Å². The Labute approximate surface area is 198 Å². The van der Waals surface area contributed by atoms with Gasteiger partial charge in [-0.05, 0) is 60.0 Å². The molecule has 0 aromatic heterocycles. The van der Waals surface area contributed by atoms with E-state index in [1.54, 1.807) is 31.4 Å². The first-order valence-corrected chi connectivity index (χ1v) is 10.7. The maximum Gasteiger partial charge on any atom is 0.243 e. The number of anilines is 1. The van der Waals surface area contributed by atoms with Crippen LogP contribution < -0.4 is 25.4 Å². The number of carbonyl (C=O) groups excluding carboxylic acids is 2. The fraction of sp³-hybridized carbons (Fsp3) is 0.231. The minimum absolute atomic E-state index is 0.0465. The third-order valence-electron chi connectivity index (χ3n) is 5.19. The average Bonchev–Trinajstić information content (AvgIpc) is 2.84. The highest BCUT2D eigenvalue weighted by Crippen LogP contribution is 2.25. The number of carbonyl (C=O) groups is 2. The maximum absolute atomic E-state index is 13.4. The summed E-state index contributed by atoms with van der Waals surface area (Å²) in [6.45, 7) is 1.67. The number of hydrogen-bond acceptors (Lipinski definition) is 5. The molecule has 3 aromatic rings. The van der Waals surface area contributed by atoms with E-state index in [0.29, 0.717) is 17.2 Å². The van der Waals surface area contributed by atoms with E-state index in [1.165, 1.54) is 19.2 Å². The molecule has 3 rings (SSSR count). The van der Waals surface area contributed by atoms with Crippen molar-refractivity contribution < 1.29 is 23.5 Å². The predicted molar refractivity (Wildman–Crippen MR) is 129 cm³/mol. The summed E-state index contributed by atoms with van der Waals surface area (Å²) in [5.41, 5.74) is 3.18. The standard InChI is InChI=1S/C26H28FN3O4/c1-17-4-13-23(34-3)22(14-17)30-25(32)16-28-24(31)15-29-26(18-5-9-20(27)10-6-18)19-7-11-21(33-2)12-8-19/h4-14,26,29H,15-16H2,1-3H3,(H,28,31)(H,30,32). The second-order valence-corrected chi connectivity index (χ2v) is 7.67. The van der Waals surface area contributed by atoms with Gasteiger partial charge in [0.1, 0.15) is 17.3 Å². The Morgan fingerprint density at radius 3 is 2.12 bits per heavy atom. The molecule has 7 nitrogen and oxygen atoms in total. The van der Waals surface area contributed by atoms with Gasteiger partial charge >= 0.3 is 0 Å². The summed E-state index contributed by atoms with van der Waals surface area (Å²) in [4.78, 5) is 24.8. The second kappa shape index (κ2) is 11.8. The van der Waals surface area contributed by atoms with Crippen molar-refractivity contribution in [1.29, 1.82) is 0 Å². The number of nitrogens with one attached hydrogen (secondary N) is 3. The van der Waals surface area contributed by atoms with Crippen LogP contribution >= 0.6 is 0 Å². The highest BCUT2D eigenvalue weighted by Gasteiger charge is 2.16. The first kappa shape index (κ1) is 24.7. The molecule has 0 spiro atoms. The number of aryl methyl sites for hydroxylation is 1. The molecule has 0 aliphatic heterocycles. The summed E-state index contributed by atoms with van der Waals surface area (Å²) in [5.74, 6) is 0.171. The smallest absolute Gasteiger partial charge is 0.243 e. The lowest BCUT2D eigenvalue weighted by Gasteiger charge is -2.20. The van der Waals surface area contributed by atoms with Crippen molar-refractivity contribution in [3.05, 3.63) is 89.2 Å². The molecule has 178 valence electrons. The topological polar surface area (TPSA) is 88.7 Å². The first-order valence-electron chi connectivity index (χ1n) is 10.7. The van der Waals surface area contributed by atoms with Gasteiger partial charge in [-0.25, -0.2) is 4.39 Å². The molecule has 3 N–H and O–H groups in total. The van der Waals surface area contributed by atoms with Crippen LogP contribution in [0.2, 0.25) is 0 Å². The van der Waals surface area contributed by atoms with Crippen LogP contribution in [0, 0.1) is 12.7 Å². The lowest BCUT2D eigenvalue weighted by molar-refractivity contribution is -0.123. The normalized spacial score (nSPS) is 11.4. The van der Waals surface area contributed by atoms with Crippen molar-refractivity contribution >= 4 is 17.5 Å². The molecule has 0 aliphatic rings. The fourth-order valence-electron chi connectivity index (χ4n) is 3.43. The lowest BCUT2D eigenvalue weighted by Crippen LogP contribution is -2.39. The Bertz CT molecular complexity index is 1120. The lowest BCUT2D eigenvalue weighted by atomic mass is 9.98. The molecule has 34 heavy (non-hydrogen) atoms. The van der Waals surface area contributed by atoms with E-state index in [1.807, 2.05) is 37.3 Å². The zero-order chi connectivity index (χ0) is 24.5. The molecule has 0 heterocycles. The summed E-state index contributed by atoms with van der Waals surface area (Å²) in [6.07, 6.45) is 0. The molecule has 3 aromatic carbocycles. The molecule has 0 saturated heterocycles. The van der Waals surface area contributed by atoms with Crippen LogP contribution in [-0.2, 0) is 9.59 Å². The van der Waals surface area contributed by atoms with Crippen molar-refractivity contribution in [1.82, 2.24) is 10.6 Å². The van der Waals surface area contributed by atoms with E-state index in [4.69, 9.17) is 9.47 Å². The molecule has 2 amide bonds. The van der Waals surface area contributed by atoms with E-state index in [9.17, 15) is 14.0 Å². The Morgan fingerprint density at radius 2 is 1.50 bits per heavy atom. The van der Waals surface area contributed by atoms with Crippen LogP contribution in [0.3, 0.4) is 0 Å². The van der Waals surface area contributed by atoms with Crippen molar-refractivity contribution in [2.24, 2.45) is 0 Å². The number of rotatable bonds is 10. The molecule has 1 unspecified atom stereocenters. The molecule has 0 aliphatic carbocycles. The fourth-order valence-corrected chi connectivity index (χ4v) is 3.43. The van der Waals surface area contributed by atoms with Crippen molar-refractivity contribution in [2.45, 2.75) is 13.0 Å². The van der Waals surface area contributed by atoms with Gasteiger partial charge in [0, 0.05) is 0 Å². The van der Waals surface area contributed by atoms with Gasteiger partial charge in [-0.1, -0.05) is 30.3 Å². The van der Waals surface area contributed by atoms with E-state index in [0.717, 1.165) is 16.7 Å². The van der Waals surface area contributed by atoms with Gasteiger partial charge in [-0.2, -0.15) is 0 Å². The second-order valence-electron chi connectivity index (χ2n) is 7.67. The maximum atomic E-state index is 13.4. The summed E-state index contributed by atoms with van der Waals surface area (Å²) in [6, 6.07) is 18.5. The number of methoxy groups -OCH3 is 2. The molecule has 0 saturated carbocycles. The third-order valence-corrected chi connectivity index (χ3v) is 5.19. The first-order chi connectivity index (χ1) is 16.4. The Balaban J connectivity index is 1.60. The monoisotopic (exact) mass is 465 g/mol. The summed E-state index contributed by atoms with van der Waals surface area (Å²) < 4.78 is 23.9. The van der Waals surface area contributed by atoms with Crippen LogP contribution in [0.25, 0.3) is 0 Å². The third kappa shape index (κ3) is 6.79. The molecule has 0 radical (unpaired) electrons. The molecular weight excluding hydrogens is 437 g/mol. The summed E-state index contributed by atoms with van der Waals surface area (Å²) >= 11 is 0. The summed E-state index contributed by atoms with van der Waals surface area (Å²) in [7, 11) is 3.11. The van der Waals surface area contributed by atoms with Gasteiger partial charge in [-0.3, -0.25) is 14.9 Å². The number of hydrogen-bond donors (Lipinski definition) is 3. The van der Waals surface area contributed by atoms with Gasteiger partial charge in [0.25, 0.3) is 0 Å². The van der Waals surface area contributed by atoms with Crippen LogP contribution in [0.1, 0.15) is 22.7 Å². The van der Waals surface area contributed by atoms with E-state index >= 15 is 0 Å². The van der Waals surface area contributed by atoms with Crippen LogP contribution in [0.4, 0.5) is 10.1 Å². The summed E-state index contributed by atoms with van der Waals surface area (Å²) in [5, 5.41) is 8.53. The zero-order valence-corrected chi connectivity index (χ0v) is 19.4. The van der Waals surface area contributed by atoms with Gasteiger partial charge < -0.3 is 20.1 Å². The highest BCUT2D eigenvalue weighted by molar-refractivity contribution is 5.96. The van der Waals surface area contributed by atoms with Crippen molar-refractivity contribution in [3.8, 4) is 11.5 Å². The molecule has 0 bridgehead atoms. The number of amides is 2. The number of ether oxygens (including phenoxy) is 2. The minimum atomic E-state index is -0.373. The minimum Gasteiger partial charge on any atom is -0.497 e. The zero-order valence-electron chi connectivity index (χ0n) is 19.4. The number of halogens is 1. The van der Waals surface area contributed by atoms with Crippen LogP contribution in [0.15, 0.2) is 66.7 Å². The SMILES string of the molecule is COc1ccc(C(NCC(=O)NCC(=O)Nc2cc(C)ccc2OC)c2ccc(F)cc2)cc1. The Hall–Kier alpha value is -3.91. The predicted octanol–water partition coefficient (Wildman–Crippen LogP) is 3.59. The average molecular weight is 466 g/mol. The number of benzene rings is 3. The Morgan fingerprint density at radius 1 is 0.853 bits per heavy atom. The van der Waals surface area contributed by atoms with Crippen LogP contribution in [0.5, 0.6) is 11.5 Å². The van der Waals surface area contributed by atoms with E-state index in [-0.39, 0.29) is 36.8 Å².